The van der Waals surface area contributed by atoms with Crippen molar-refractivity contribution in [1.29, 1.82) is 0 Å². The first-order valence-electron chi connectivity index (χ1n) is 19.7. The van der Waals surface area contributed by atoms with E-state index >= 15 is 0 Å². The van der Waals surface area contributed by atoms with Crippen LogP contribution in [0.4, 0.5) is 35.9 Å². The Hall–Kier alpha value is -7.37. The Balaban J connectivity index is 0.00000458. The molecule has 0 saturated heterocycles. The molecule has 0 N–H and O–H groups in total. The van der Waals surface area contributed by atoms with Gasteiger partial charge in [0.2, 0.25) is 5.69 Å². The summed E-state index contributed by atoms with van der Waals surface area (Å²) in [5.74, 6) is 0.914. The maximum Gasteiger partial charge on any atom is 2.00 e. The summed E-state index contributed by atoms with van der Waals surface area (Å²) in [7, 11) is 0. The Bertz CT molecular complexity index is 3370. The molecule has 0 bridgehead atoms. The number of hydrogen-bond acceptors (Lipinski definition) is 2. The molecule has 11 rings (SSSR count). The quantitative estimate of drug-likeness (QED) is 0.118. The first kappa shape index (κ1) is 38.8. The number of fused-ring (bicyclic) bond motifs is 6. The molecule has 1 aliphatic heterocycles. The number of nitrogens with zero attached hydrogens (tertiary/aromatic N) is 4. The monoisotopic (exact) mass is 991 g/mol. The molecule has 10 aromatic rings. The van der Waals surface area contributed by atoms with Gasteiger partial charge in [-0.05, 0) is 68.9 Å². The van der Waals surface area contributed by atoms with Gasteiger partial charge in [-0.15, -0.1) is 23.6 Å². The Morgan fingerprint density at radius 2 is 1.23 bits per heavy atom. The van der Waals surface area contributed by atoms with Crippen LogP contribution in [0.25, 0.3) is 60.6 Å². The molecule has 8 aromatic carbocycles. The second-order valence-corrected chi connectivity index (χ2v) is 14.7. The number of ether oxygens (including phenoxy) is 1. The van der Waals surface area contributed by atoms with Gasteiger partial charge in [-0.3, -0.25) is 0 Å². The third-order valence-corrected chi connectivity index (χ3v) is 11.0. The number of hydrogen-bond donors (Lipinski definition) is 0. The molecule has 0 amide bonds. The molecule has 2 aromatic heterocycles. The molecule has 298 valence electrons. The molecule has 0 saturated carbocycles. The fraction of sp³-hybridized carbons (Fsp3) is 0.0189. The molecule has 0 fully saturated rings. The minimum atomic E-state index is -4.53. The third-order valence-electron chi connectivity index (χ3n) is 11.0. The Morgan fingerprint density at radius 3 is 1.97 bits per heavy atom. The maximum atomic E-state index is 13.8. The van der Waals surface area contributed by atoms with Crippen LogP contribution in [0.1, 0.15) is 5.56 Å². The minimum absolute atomic E-state index is 0. The molecule has 62 heavy (non-hydrogen) atoms. The number of pyridine rings is 1. The van der Waals surface area contributed by atoms with Gasteiger partial charge in [0.15, 0.2) is 0 Å². The SMILES string of the molecule is FC(F)(F)c1ccnc(-n2c3[c-]c(Oc4[c-]c([N+]5=C=[N+](c6c(-c7ccccc7)cccc6-c6ccccc6)c6c5ccc5ccccc65)ccc4)ccc3c3ccccc32)c1.[Pt+2]. The zero-order valence-corrected chi connectivity index (χ0v) is 34.8. The minimum Gasteiger partial charge on any atom is -0.509 e. The van der Waals surface area contributed by atoms with Crippen LogP contribution in [-0.2, 0) is 27.2 Å². The summed E-state index contributed by atoms with van der Waals surface area (Å²) in [5, 5.41) is 3.82. The average molecular weight is 992 g/mol. The topological polar surface area (TPSA) is 33.1 Å². The van der Waals surface area contributed by atoms with Crippen molar-refractivity contribution in [3.63, 3.8) is 0 Å². The fourth-order valence-electron chi connectivity index (χ4n) is 8.33. The molecule has 0 aliphatic carbocycles. The Morgan fingerprint density at radius 1 is 0.565 bits per heavy atom. The molecule has 5 nitrogen and oxygen atoms in total. The van der Waals surface area contributed by atoms with Crippen molar-refractivity contribution >= 4 is 61.3 Å². The van der Waals surface area contributed by atoms with E-state index < -0.39 is 11.7 Å². The van der Waals surface area contributed by atoms with Crippen molar-refractivity contribution in [1.82, 2.24) is 18.7 Å². The van der Waals surface area contributed by atoms with Gasteiger partial charge in [-0.25, -0.2) is 4.98 Å². The van der Waals surface area contributed by atoms with Crippen molar-refractivity contribution in [2.24, 2.45) is 0 Å². The molecule has 0 radical (unpaired) electrons. The van der Waals surface area contributed by atoms with Crippen LogP contribution >= 0.6 is 0 Å². The predicted molar refractivity (Wildman–Crippen MR) is 237 cm³/mol. The van der Waals surface area contributed by atoms with Crippen LogP contribution in [0.15, 0.2) is 188 Å². The number of benzene rings is 8. The van der Waals surface area contributed by atoms with Gasteiger partial charge >= 0.3 is 38.9 Å². The van der Waals surface area contributed by atoms with E-state index in [-0.39, 0.29) is 26.9 Å². The predicted octanol–water partition coefficient (Wildman–Crippen LogP) is 13.9. The van der Waals surface area contributed by atoms with E-state index in [9.17, 15) is 13.2 Å². The van der Waals surface area contributed by atoms with Gasteiger partial charge in [0.25, 0.3) is 5.69 Å². The van der Waals surface area contributed by atoms with Gasteiger partial charge in [0, 0.05) is 29.3 Å². The van der Waals surface area contributed by atoms with E-state index in [0.29, 0.717) is 28.2 Å². The van der Waals surface area contributed by atoms with Crippen LogP contribution in [0.3, 0.4) is 0 Å². The standard InChI is InChI=1S/C53H31F3N4O.Pt/c54-53(55,56)38-29-30-57-50(31-38)60-47-24-10-9-21-45(47)46-27-26-41(33-49(46)60)61-40-19-11-18-39(32-40)58-34-59(52-44-20-8-7-17-37(44)25-28-48(52)58)51-42(35-13-3-1-4-14-35)22-12-23-43(51)36-15-5-2-6-16-36;/h1-31H;/q;+2. The summed E-state index contributed by atoms with van der Waals surface area (Å²) in [6, 6.07) is 69.3. The van der Waals surface area contributed by atoms with Crippen LogP contribution in [0, 0.1) is 12.1 Å². The summed E-state index contributed by atoms with van der Waals surface area (Å²) in [4.78, 5) is 4.35. The van der Waals surface area contributed by atoms with E-state index in [4.69, 9.17) is 4.74 Å². The molecule has 1 aliphatic rings. The second-order valence-electron chi connectivity index (χ2n) is 14.7. The Kier molecular flexibility index (Phi) is 9.75. The van der Waals surface area contributed by atoms with E-state index in [0.717, 1.165) is 73.0 Å². The number of halogens is 3. The summed E-state index contributed by atoms with van der Waals surface area (Å²) in [6.07, 6.45) is -3.35. The fourth-order valence-corrected chi connectivity index (χ4v) is 8.33. The van der Waals surface area contributed by atoms with Gasteiger partial charge < -0.3 is 9.30 Å². The molecule has 0 atom stereocenters. The summed E-state index contributed by atoms with van der Waals surface area (Å²) < 4.78 is 53.9. The van der Waals surface area contributed by atoms with Crippen LogP contribution < -0.4 is 13.9 Å². The van der Waals surface area contributed by atoms with E-state index in [2.05, 4.69) is 125 Å². The number of aromatic nitrogens is 2. The summed E-state index contributed by atoms with van der Waals surface area (Å²) in [5.41, 5.74) is 8.29. The van der Waals surface area contributed by atoms with Crippen LogP contribution in [0.5, 0.6) is 11.5 Å². The normalized spacial score (nSPS) is 12.2. The molecule has 9 heteroatoms. The third kappa shape index (κ3) is 6.71. The number of alkyl halides is 3. The van der Waals surface area contributed by atoms with Crippen molar-refractivity contribution in [3.05, 3.63) is 206 Å². The van der Waals surface area contributed by atoms with E-state index in [1.165, 1.54) is 6.20 Å². The molecule has 0 unspecified atom stereocenters. The van der Waals surface area contributed by atoms with Crippen molar-refractivity contribution in [2.45, 2.75) is 6.18 Å². The van der Waals surface area contributed by atoms with Gasteiger partial charge in [-0.1, -0.05) is 125 Å². The molecular weight excluding hydrogens is 961 g/mol. The first-order chi connectivity index (χ1) is 29.9. The summed E-state index contributed by atoms with van der Waals surface area (Å²) >= 11 is 0. The van der Waals surface area contributed by atoms with Crippen LogP contribution in [-0.4, -0.2) is 15.6 Å². The second kappa shape index (κ2) is 15.6. The van der Waals surface area contributed by atoms with Gasteiger partial charge in [-0.2, -0.15) is 25.3 Å². The maximum absolute atomic E-state index is 13.8. The average Bonchev–Trinajstić information content (AvgIpc) is 3.85. The zero-order valence-electron chi connectivity index (χ0n) is 32.5. The molecule has 0 spiro atoms. The van der Waals surface area contributed by atoms with Gasteiger partial charge in [0.05, 0.1) is 22.1 Å². The number of para-hydroxylation sites is 2. The van der Waals surface area contributed by atoms with Crippen molar-refractivity contribution in [3.8, 4) is 39.6 Å². The Labute approximate surface area is 368 Å². The van der Waals surface area contributed by atoms with Crippen molar-refractivity contribution < 1.29 is 39.0 Å². The molecule has 3 heterocycles. The van der Waals surface area contributed by atoms with Gasteiger partial charge in [0.1, 0.15) is 11.5 Å². The molecular formula is C53H31F3N4OPt+2. The smallest absolute Gasteiger partial charge is 0.509 e. The van der Waals surface area contributed by atoms with E-state index in [1.54, 1.807) is 4.57 Å². The first-order valence-corrected chi connectivity index (χ1v) is 19.7. The zero-order chi connectivity index (χ0) is 41.1. The van der Waals surface area contributed by atoms with Crippen LogP contribution in [0.2, 0.25) is 0 Å². The van der Waals surface area contributed by atoms with Crippen molar-refractivity contribution in [2.75, 3.05) is 0 Å². The number of rotatable bonds is 7. The van der Waals surface area contributed by atoms with E-state index in [1.807, 2.05) is 77.4 Å². The largest absolute Gasteiger partial charge is 2.00 e. The summed E-state index contributed by atoms with van der Waals surface area (Å²) in [6.45, 7) is 0.